The average Bonchev–Trinajstić information content (AvgIpc) is 2.81. The van der Waals surface area contributed by atoms with Gasteiger partial charge in [-0.05, 0) is 24.3 Å². The molecule has 0 aliphatic carbocycles. The Balaban J connectivity index is 2.09. The van der Waals surface area contributed by atoms with E-state index in [1.54, 1.807) is 6.20 Å². The van der Waals surface area contributed by atoms with Gasteiger partial charge in [0.1, 0.15) is 0 Å². The first-order valence-corrected chi connectivity index (χ1v) is 6.41. The molecule has 0 bridgehead atoms. The number of halogens is 4. The Morgan fingerprint density at radius 3 is 2.50 bits per heavy atom. The molecule has 0 amide bonds. The maximum Gasteiger partial charge on any atom is 0.417 e. The van der Waals surface area contributed by atoms with Crippen LogP contribution < -0.4 is 0 Å². The van der Waals surface area contributed by atoms with E-state index in [-0.39, 0.29) is 0 Å². The second kappa shape index (κ2) is 4.59. The van der Waals surface area contributed by atoms with Crippen LogP contribution in [0.1, 0.15) is 5.56 Å². The second-order valence-corrected chi connectivity index (χ2v) is 5.08. The summed E-state index contributed by atoms with van der Waals surface area (Å²) in [6.45, 7) is 0. The molecule has 0 aliphatic heterocycles. The third-order valence-corrected chi connectivity index (χ3v) is 3.32. The van der Waals surface area contributed by atoms with Gasteiger partial charge in [-0.15, -0.1) is 0 Å². The first kappa shape index (κ1) is 13.1. The summed E-state index contributed by atoms with van der Waals surface area (Å²) in [6.07, 6.45) is -1.94. The minimum absolute atomic E-state index is 0.339. The molecule has 0 aliphatic rings. The molecule has 0 spiro atoms. The number of nitrogens with zero attached hydrogens (tertiary/aromatic N) is 3. The minimum Gasteiger partial charge on any atom is -0.236 e. The molecule has 3 nitrogen and oxygen atoms in total. The molecular formula is C13H7BrF3N3. The first-order valence-electron chi connectivity index (χ1n) is 5.62. The molecule has 2 heterocycles. The molecule has 102 valence electrons. The van der Waals surface area contributed by atoms with E-state index < -0.39 is 11.7 Å². The molecule has 3 rings (SSSR count). The zero-order valence-electron chi connectivity index (χ0n) is 9.89. The van der Waals surface area contributed by atoms with Gasteiger partial charge in [0.15, 0.2) is 5.82 Å². The highest BCUT2D eigenvalue weighted by Gasteiger charge is 2.30. The highest BCUT2D eigenvalue weighted by molar-refractivity contribution is 9.10. The van der Waals surface area contributed by atoms with Crippen LogP contribution in [0.15, 0.2) is 47.2 Å². The van der Waals surface area contributed by atoms with Crippen LogP contribution >= 0.6 is 15.9 Å². The molecule has 7 heteroatoms. The standard InChI is InChI=1S/C13H7BrF3N3/c14-10-3-1-8-6-19-20(11(8)5-10)12-4-2-9(7-18-12)13(15,16)17/h1-7H. The van der Waals surface area contributed by atoms with Crippen LogP contribution in [0.3, 0.4) is 0 Å². The molecule has 3 aromatic rings. The fourth-order valence-electron chi connectivity index (χ4n) is 1.85. The van der Waals surface area contributed by atoms with Gasteiger partial charge in [0.25, 0.3) is 0 Å². The van der Waals surface area contributed by atoms with Gasteiger partial charge in [-0.2, -0.15) is 18.3 Å². The van der Waals surface area contributed by atoms with E-state index in [9.17, 15) is 13.2 Å². The lowest BCUT2D eigenvalue weighted by Gasteiger charge is -2.07. The number of hydrogen-bond donors (Lipinski definition) is 0. The fraction of sp³-hybridized carbons (Fsp3) is 0.0769. The van der Waals surface area contributed by atoms with Gasteiger partial charge in [0, 0.05) is 16.1 Å². The third-order valence-electron chi connectivity index (χ3n) is 2.83. The normalized spacial score (nSPS) is 12.0. The molecule has 0 radical (unpaired) electrons. The third kappa shape index (κ3) is 2.29. The Labute approximate surface area is 120 Å². The monoisotopic (exact) mass is 341 g/mol. The number of aromatic nitrogens is 3. The van der Waals surface area contributed by atoms with E-state index in [1.165, 1.54) is 10.7 Å². The molecule has 20 heavy (non-hydrogen) atoms. The summed E-state index contributed by atoms with van der Waals surface area (Å²) < 4.78 is 39.9. The maximum atomic E-state index is 12.5. The highest BCUT2D eigenvalue weighted by atomic mass is 79.9. The predicted molar refractivity (Wildman–Crippen MR) is 71.6 cm³/mol. The van der Waals surface area contributed by atoms with Gasteiger partial charge in [-0.25, -0.2) is 9.67 Å². The van der Waals surface area contributed by atoms with Crippen molar-refractivity contribution in [2.75, 3.05) is 0 Å². The van der Waals surface area contributed by atoms with Crippen molar-refractivity contribution in [2.24, 2.45) is 0 Å². The number of rotatable bonds is 1. The van der Waals surface area contributed by atoms with Gasteiger partial charge in [0.2, 0.25) is 0 Å². The summed E-state index contributed by atoms with van der Waals surface area (Å²) in [4.78, 5) is 3.83. The summed E-state index contributed by atoms with van der Waals surface area (Å²) in [5.74, 6) is 0.339. The first-order chi connectivity index (χ1) is 9.45. The molecule has 0 atom stereocenters. The highest BCUT2D eigenvalue weighted by Crippen LogP contribution is 2.29. The SMILES string of the molecule is FC(F)(F)c1ccc(-n2ncc3ccc(Br)cc32)nc1. The van der Waals surface area contributed by atoms with Crippen molar-refractivity contribution < 1.29 is 13.2 Å². The van der Waals surface area contributed by atoms with Gasteiger partial charge in [-0.3, -0.25) is 0 Å². The van der Waals surface area contributed by atoms with E-state index in [2.05, 4.69) is 26.0 Å². The van der Waals surface area contributed by atoms with Crippen LogP contribution in [0.25, 0.3) is 16.7 Å². The second-order valence-electron chi connectivity index (χ2n) is 4.16. The van der Waals surface area contributed by atoms with Crippen molar-refractivity contribution in [2.45, 2.75) is 6.18 Å². The van der Waals surface area contributed by atoms with Crippen molar-refractivity contribution in [1.82, 2.24) is 14.8 Å². The minimum atomic E-state index is -4.39. The Bertz CT molecular complexity index is 763. The Morgan fingerprint density at radius 2 is 1.85 bits per heavy atom. The Kier molecular flexibility index (Phi) is 3.01. The maximum absolute atomic E-state index is 12.5. The number of alkyl halides is 3. The molecule has 0 unspecified atom stereocenters. The molecule has 0 saturated carbocycles. The lowest BCUT2D eigenvalue weighted by Crippen LogP contribution is -2.07. The summed E-state index contributed by atoms with van der Waals surface area (Å²) in [5, 5.41) is 5.03. The molecular weight excluding hydrogens is 335 g/mol. The quantitative estimate of drug-likeness (QED) is 0.664. The Morgan fingerprint density at radius 1 is 1.05 bits per heavy atom. The van der Waals surface area contributed by atoms with Crippen LogP contribution in [-0.4, -0.2) is 14.8 Å². The Hall–Kier alpha value is -1.89. The van der Waals surface area contributed by atoms with E-state index in [1.807, 2.05) is 18.2 Å². The van der Waals surface area contributed by atoms with Crippen molar-refractivity contribution in [3.63, 3.8) is 0 Å². The fourth-order valence-corrected chi connectivity index (χ4v) is 2.20. The van der Waals surface area contributed by atoms with Gasteiger partial charge >= 0.3 is 6.18 Å². The smallest absolute Gasteiger partial charge is 0.236 e. The number of benzene rings is 1. The van der Waals surface area contributed by atoms with Gasteiger partial charge < -0.3 is 0 Å². The van der Waals surface area contributed by atoms with Gasteiger partial charge in [-0.1, -0.05) is 22.0 Å². The van der Waals surface area contributed by atoms with Crippen molar-refractivity contribution in [3.8, 4) is 5.82 Å². The summed E-state index contributed by atoms with van der Waals surface area (Å²) in [7, 11) is 0. The molecule has 0 fully saturated rings. The van der Waals surface area contributed by atoms with Crippen molar-refractivity contribution in [3.05, 3.63) is 52.8 Å². The van der Waals surface area contributed by atoms with Crippen molar-refractivity contribution >= 4 is 26.8 Å². The lowest BCUT2D eigenvalue weighted by atomic mass is 10.2. The summed E-state index contributed by atoms with van der Waals surface area (Å²) >= 11 is 3.35. The van der Waals surface area contributed by atoms with Crippen LogP contribution in [0.5, 0.6) is 0 Å². The van der Waals surface area contributed by atoms with E-state index in [0.29, 0.717) is 5.82 Å². The predicted octanol–water partition coefficient (Wildman–Crippen LogP) is 4.20. The van der Waals surface area contributed by atoms with Crippen LogP contribution in [0, 0.1) is 0 Å². The number of hydrogen-bond acceptors (Lipinski definition) is 2. The zero-order valence-corrected chi connectivity index (χ0v) is 11.5. The zero-order chi connectivity index (χ0) is 14.3. The number of fused-ring (bicyclic) bond motifs is 1. The summed E-state index contributed by atoms with van der Waals surface area (Å²) in [6, 6.07) is 7.87. The molecule has 0 saturated heterocycles. The lowest BCUT2D eigenvalue weighted by molar-refractivity contribution is -0.137. The van der Waals surface area contributed by atoms with E-state index >= 15 is 0 Å². The van der Waals surface area contributed by atoms with Crippen molar-refractivity contribution in [1.29, 1.82) is 0 Å². The average molecular weight is 342 g/mol. The number of pyridine rings is 1. The van der Waals surface area contributed by atoms with Gasteiger partial charge in [0.05, 0.1) is 17.3 Å². The van der Waals surface area contributed by atoms with E-state index in [0.717, 1.165) is 27.6 Å². The molecule has 1 aromatic carbocycles. The molecule has 2 aromatic heterocycles. The topological polar surface area (TPSA) is 30.7 Å². The van der Waals surface area contributed by atoms with Crippen LogP contribution in [0.4, 0.5) is 13.2 Å². The summed E-state index contributed by atoms with van der Waals surface area (Å²) in [5.41, 5.74) is -0.00877. The largest absolute Gasteiger partial charge is 0.417 e. The van der Waals surface area contributed by atoms with Crippen LogP contribution in [0.2, 0.25) is 0 Å². The molecule has 0 N–H and O–H groups in total. The van der Waals surface area contributed by atoms with Crippen LogP contribution in [-0.2, 0) is 6.18 Å². The van der Waals surface area contributed by atoms with E-state index in [4.69, 9.17) is 0 Å².